The Morgan fingerprint density at radius 1 is 1.10 bits per heavy atom. The fourth-order valence-electron chi connectivity index (χ4n) is 3.31. The average molecular weight is 392 g/mol. The zero-order valence-electron chi connectivity index (χ0n) is 17.8. The Bertz CT molecular complexity index is 998. The van der Waals surface area contributed by atoms with Crippen molar-refractivity contribution in [3.63, 3.8) is 0 Å². The molecule has 3 rings (SSSR count). The highest BCUT2D eigenvalue weighted by Crippen LogP contribution is 2.26. The van der Waals surface area contributed by atoms with E-state index in [0.717, 1.165) is 34.8 Å². The summed E-state index contributed by atoms with van der Waals surface area (Å²) in [5, 5.41) is 14.2. The van der Waals surface area contributed by atoms with Crippen LogP contribution < -0.4 is 0 Å². The number of nitrogens with zero attached hydrogens (tertiary/aromatic N) is 3. The van der Waals surface area contributed by atoms with Gasteiger partial charge in [-0.3, -0.25) is 0 Å². The molecule has 5 heteroatoms. The standard InChI is InChI=1S/C24H29N3O2/c1-6-16(2)22-25-21(27(26-22)24(3,4)5)15-17-11-13-18(14-12-17)19-9-7-8-10-20(19)23(28)29/h7-14,16H,6,15H2,1-5H3,(H,28,29). The zero-order valence-corrected chi connectivity index (χ0v) is 17.8. The number of hydrogen-bond acceptors (Lipinski definition) is 3. The van der Waals surface area contributed by atoms with E-state index >= 15 is 0 Å². The number of aromatic nitrogens is 3. The van der Waals surface area contributed by atoms with Crippen LogP contribution in [0.4, 0.5) is 0 Å². The third-order valence-corrected chi connectivity index (χ3v) is 5.16. The van der Waals surface area contributed by atoms with Gasteiger partial charge in [-0.15, -0.1) is 0 Å². The summed E-state index contributed by atoms with van der Waals surface area (Å²) in [6, 6.07) is 15.1. The molecule has 0 aliphatic rings. The number of carboxylic acids is 1. The Hall–Kier alpha value is -2.95. The smallest absolute Gasteiger partial charge is 0.336 e. The first-order valence-corrected chi connectivity index (χ1v) is 10.1. The minimum Gasteiger partial charge on any atom is -0.478 e. The van der Waals surface area contributed by atoms with Crippen LogP contribution in [0.3, 0.4) is 0 Å². The van der Waals surface area contributed by atoms with E-state index in [0.29, 0.717) is 17.9 Å². The SMILES string of the molecule is CCC(C)c1nc(Cc2ccc(-c3ccccc3C(=O)O)cc2)n(C(C)(C)C)n1. The second-order valence-electron chi connectivity index (χ2n) is 8.50. The third kappa shape index (κ3) is 4.56. The predicted octanol–water partition coefficient (Wildman–Crippen LogP) is 5.50. The van der Waals surface area contributed by atoms with Gasteiger partial charge >= 0.3 is 5.97 Å². The van der Waals surface area contributed by atoms with E-state index in [4.69, 9.17) is 10.1 Å². The zero-order chi connectivity index (χ0) is 21.2. The van der Waals surface area contributed by atoms with Crippen molar-refractivity contribution in [2.75, 3.05) is 0 Å². The molecular weight excluding hydrogens is 362 g/mol. The summed E-state index contributed by atoms with van der Waals surface area (Å²) in [4.78, 5) is 16.3. The second kappa shape index (κ2) is 8.19. The highest BCUT2D eigenvalue weighted by molar-refractivity contribution is 5.95. The molecule has 0 fully saturated rings. The van der Waals surface area contributed by atoms with Gasteiger partial charge in [0.25, 0.3) is 0 Å². The van der Waals surface area contributed by atoms with Crippen molar-refractivity contribution in [1.82, 2.24) is 14.8 Å². The number of aromatic carboxylic acids is 1. The van der Waals surface area contributed by atoms with Gasteiger partial charge in [0.2, 0.25) is 0 Å². The molecule has 29 heavy (non-hydrogen) atoms. The highest BCUT2D eigenvalue weighted by Gasteiger charge is 2.23. The van der Waals surface area contributed by atoms with Gasteiger partial charge in [0, 0.05) is 12.3 Å². The quantitative estimate of drug-likeness (QED) is 0.602. The number of carbonyl (C=O) groups is 1. The van der Waals surface area contributed by atoms with Crippen LogP contribution in [0.25, 0.3) is 11.1 Å². The van der Waals surface area contributed by atoms with Crippen molar-refractivity contribution in [2.45, 2.75) is 58.9 Å². The van der Waals surface area contributed by atoms with E-state index in [1.807, 2.05) is 41.1 Å². The van der Waals surface area contributed by atoms with E-state index in [2.05, 4.69) is 34.6 Å². The molecule has 1 atom stereocenters. The monoisotopic (exact) mass is 391 g/mol. The van der Waals surface area contributed by atoms with E-state index in [1.165, 1.54) is 0 Å². The molecule has 0 spiro atoms. The van der Waals surface area contributed by atoms with Gasteiger partial charge in [0.15, 0.2) is 5.82 Å². The Balaban J connectivity index is 1.91. The third-order valence-electron chi connectivity index (χ3n) is 5.16. The molecule has 1 heterocycles. The lowest BCUT2D eigenvalue weighted by atomic mass is 9.98. The molecule has 152 valence electrons. The fraction of sp³-hybridized carbons (Fsp3) is 0.375. The van der Waals surface area contributed by atoms with Gasteiger partial charge in [-0.1, -0.05) is 56.3 Å². The van der Waals surface area contributed by atoms with Crippen LogP contribution >= 0.6 is 0 Å². The lowest BCUT2D eigenvalue weighted by Gasteiger charge is -2.21. The Morgan fingerprint density at radius 2 is 1.76 bits per heavy atom. The molecule has 0 amide bonds. The van der Waals surface area contributed by atoms with Crippen molar-refractivity contribution in [3.05, 3.63) is 71.3 Å². The first-order valence-electron chi connectivity index (χ1n) is 10.1. The van der Waals surface area contributed by atoms with E-state index < -0.39 is 5.97 Å². The molecule has 5 nitrogen and oxygen atoms in total. The molecule has 0 saturated heterocycles. The first-order chi connectivity index (χ1) is 13.7. The van der Waals surface area contributed by atoms with Gasteiger partial charge in [-0.25, -0.2) is 14.5 Å². The largest absolute Gasteiger partial charge is 0.478 e. The van der Waals surface area contributed by atoms with Crippen molar-refractivity contribution < 1.29 is 9.90 Å². The number of rotatable bonds is 6. The van der Waals surface area contributed by atoms with E-state index in [9.17, 15) is 9.90 Å². The molecular formula is C24H29N3O2. The first kappa shape index (κ1) is 20.8. The maximum atomic E-state index is 11.5. The van der Waals surface area contributed by atoms with E-state index in [-0.39, 0.29) is 5.54 Å². The summed E-state index contributed by atoms with van der Waals surface area (Å²) in [7, 11) is 0. The van der Waals surface area contributed by atoms with Gasteiger partial charge in [-0.05, 0) is 49.9 Å². The Labute approximate surface area is 172 Å². The summed E-state index contributed by atoms with van der Waals surface area (Å²) >= 11 is 0. The van der Waals surface area contributed by atoms with Crippen LogP contribution in [-0.4, -0.2) is 25.8 Å². The lowest BCUT2D eigenvalue weighted by molar-refractivity contribution is 0.0697. The lowest BCUT2D eigenvalue weighted by Crippen LogP contribution is -2.26. The van der Waals surface area contributed by atoms with Gasteiger partial charge in [0.1, 0.15) is 5.82 Å². The minimum atomic E-state index is -0.916. The van der Waals surface area contributed by atoms with Crippen molar-refractivity contribution in [1.29, 1.82) is 0 Å². The van der Waals surface area contributed by atoms with Crippen molar-refractivity contribution in [2.24, 2.45) is 0 Å². The van der Waals surface area contributed by atoms with Gasteiger partial charge < -0.3 is 5.11 Å². The second-order valence-corrected chi connectivity index (χ2v) is 8.50. The maximum absolute atomic E-state index is 11.5. The van der Waals surface area contributed by atoms with Crippen molar-refractivity contribution >= 4 is 5.97 Å². The summed E-state index contributed by atoms with van der Waals surface area (Å²) in [5.74, 6) is 1.25. The highest BCUT2D eigenvalue weighted by atomic mass is 16.4. The molecule has 2 aromatic carbocycles. The van der Waals surface area contributed by atoms with Crippen LogP contribution in [0.1, 0.15) is 74.5 Å². The maximum Gasteiger partial charge on any atom is 0.336 e. The van der Waals surface area contributed by atoms with Crippen LogP contribution in [0, 0.1) is 0 Å². The molecule has 1 aromatic heterocycles. The van der Waals surface area contributed by atoms with Crippen LogP contribution in [0.2, 0.25) is 0 Å². The summed E-state index contributed by atoms with van der Waals surface area (Å²) < 4.78 is 2.03. The van der Waals surface area contributed by atoms with Crippen LogP contribution in [0.5, 0.6) is 0 Å². The predicted molar refractivity (Wildman–Crippen MR) is 115 cm³/mol. The fourth-order valence-corrected chi connectivity index (χ4v) is 3.31. The van der Waals surface area contributed by atoms with Crippen LogP contribution in [-0.2, 0) is 12.0 Å². The molecule has 0 aliphatic heterocycles. The number of benzene rings is 2. The molecule has 3 aromatic rings. The number of hydrogen-bond donors (Lipinski definition) is 1. The van der Waals surface area contributed by atoms with Crippen LogP contribution in [0.15, 0.2) is 48.5 Å². The molecule has 0 radical (unpaired) electrons. The number of carboxylic acid groups (broad SMARTS) is 1. The average Bonchev–Trinajstić information content (AvgIpc) is 3.12. The summed E-state index contributed by atoms with van der Waals surface area (Å²) in [6.07, 6.45) is 1.69. The minimum absolute atomic E-state index is 0.144. The topological polar surface area (TPSA) is 68.0 Å². The summed E-state index contributed by atoms with van der Waals surface area (Å²) in [6.45, 7) is 10.7. The molecule has 0 aliphatic carbocycles. The molecule has 1 unspecified atom stereocenters. The molecule has 1 N–H and O–H groups in total. The van der Waals surface area contributed by atoms with Crippen molar-refractivity contribution in [3.8, 4) is 11.1 Å². The Morgan fingerprint density at radius 3 is 2.34 bits per heavy atom. The Kier molecular flexibility index (Phi) is 5.87. The van der Waals surface area contributed by atoms with Gasteiger partial charge in [-0.2, -0.15) is 5.10 Å². The van der Waals surface area contributed by atoms with E-state index in [1.54, 1.807) is 12.1 Å². The summed E-state index contributed by atoms with van der Waals surface area (Å²) in [5.41, 5.74) is 2.91. The normalized spacial score (nSPS) is 12.7. The molecule has 0 bridgehead atoms. The molecule has 0 saturated carbocycles. The van der Waals surface area contributed by atoms with Gasteiger partial charge in [0.05, 0.1) is 11.1 Å².